The second-order valence-electron chi connectivity index (χ2n) is 3.37. The van der Waals surface area contributed by atoms with Crippen molar-refractivity contribution in [3.8, 4) is 0 Å². The van der Waals surface area contributed by atoms with E-state index in [1.54, 1.807) is 0 Å². The molecule has 12 heavy (non-hydrogen) atoms. The maximum absolute atomic E-state index is 11.3. The molecule has 0 saturated carbocycles. The van der Waals surface area contributed by atoms with Crippen molar-refractivity contribution in [3.05, 3.63) is 11.6 Å². The van der Waals surface area contributed by atoms with Gasteiger partial charge < -0.3 is 5.11 Å². The summed E-state index contributed by atoms with van der Waals surface area (Å²) in [5, 5.41) is 9.07. The Morgan fingerprint density at radius 2 is 2.25 bits per heavy atom. The van der Waals surface area contributed by atoms with E-state index in [-0.39, 0.29) is 5.78 Å². The molecule has 2 heteroatoms. The number of aliphatic hydroxyl groups is 1. The Labute approximate surface area is 73.3 Å². The van der Waals surface area contributed by atoms with Gasteiger partial charge in [-0.2, -0.15) is 0 Å². The highest BCUT2D eigenvalue weighted by Gasteiger charge is 2.15. The van der Waals surface area contributed by atoms with E-state index in [9.17, 15) is 4.79 Å². The fourth-order valence-corrected chi connectivity index (χ4v) is 1.51. The van der Waals surface area contributed by atoms with Crippen LogP contribution in [0.3, 0.4) is 0 Å². The third kappa shape index (κ3) is 2.45. The van der Waals surface area contributed by atoms with Crippen molar-refractivity contribution in [3.63, 3.8) is 0 Å². The van der Waals surface area contributed by atoms with Gasteiger partial charge in [-0.25, -0.2) is 0 Å². The van der Waals surface area contributed by atoms with Crippen molar-refractivity contribution in [1.82, 2.24) is 0 Å². The molecule has 0 radical (unpaired) electrons. The van der Waals surface area contributed by atoms with Gasteiger partial charge >= 0.3 is 0 Å². The maximum atomic E-state index is 11.3. The zero-order valence-corrected chi connectivity index (χ0v) is 7.55. The lowest BCUT2D eigenvalue weighted by atomic mass is 10.0. The van der Waals surface area contributed by atoms with Gasteiger partial charge in [-0.1, -0.05) is 12.5 Å². The molecular formula is C10H16O2. The molecule has 0 aromatic rings. The van der Waals surface area contributed by atoms with E-state index in [1.807, 2.05) is 6.08 Å². The van der Waals surface area contributed by atoms with Crippen LogP contribution in [0, 0.1) is 0 Å². The molecule has 1 rings (SSSR count). The Bertz CT molecular complexity index is 192. The van der Waals surface area contributed by atoms with Crippen LogP contribution < -0.4 is 0 Å². The summed E-state index contributed by atoms with van der Waals surface area (Å²) in [5.74, 6) is -0.0862. The quantitative estimate of drug-likeness (QED) is 0.683. The molecule has 0 aromatic carbocycles. The molecule has 68 valence electrons. The first-order valence-electron chi connectivity index (χ1n) is 4.63. The molecule has 1 unspecified atom stereocenters. The Hall–Kier alpha value is -0.630. The average molecular weight is 168 g/mol. The second-order valence-corrected chi connectivity index (χ2v) is 3.37. The van der Waals surface area contributed by atoms with E-state index in [2.05, 4.69) is 0 Å². The van der Waals surface area contributed by atoms with E-state index >= 15 is 0 Å². The minimum Gasteiger partial charge on any atom is -0.385 e. The largest absolute Gasteiger partial charge is 0.385 e. The van der Waals surface area contributed by atoms with Crippen molar-refractivity contribution in [1.29, 1.82) is 0 Å². The third-order valence-corrected chi connectivity index (χ3v) is 2.24. The monoisotopic (exact) mass is 168 g/mol. The lowest BCUT2D eigenvalue weighted by Gasteiger charge is -2.05. The Morgan fingerprint density at radius 1 is 1.50 bits per heavy atom. The molecule has 1 aliphatic rings. The van der Waals surface area contributed by atoms with Crippen LogP contribution in [0.2, 0.25) is 0 Å². The number of Topliss-reactive ketones (excluding diaryl/α,β-unsaturated/α-hetero) is 1. The van der Waals surface area contributed by atoms with Gasteiger partial charge in [-0.05, 0) is 38.2 Å². The van der Waals surface area contributed by atoms with E-state index in [1.165, 1.54) is 19.8 Å². The van der Waals surface area contributed by atoms with Crippen molar-refractivity contribution in [2.24, 2.45) is 0 Å². The third-order valence-electron chi connectivity index (χ3n) is 2.24. The molecule has 0 aromatic heterocycles. The summed E-state index contributed by atoms with van der Waals surface area (Å²) in [5.41, 5.74) is 0.836. The number of ketones is 1. The van der Waals surface area contributed by atoms with Gasteiger partial charge in [0.2, 0.25) is 0 Å². The summed E-state index contributed by atoms with van der Waals surface area (Å²) in [6, 6.07) is 0. The number of hydrogen-bond acceptors (Lipinski definition) is 2. The molecule has 0 amide bonds. The number of aliphatic hydroxyl groups excluding tert-OH is 1. The molecule has 0 aliphatic heterocycles. The molecule has 0 saturated heterocycles. The summed E-state index contributed by atoms with van der Waals surface area (Å²) in [7, 11) is 0. The molecule has 0 heterocycles. The Kier molecular flexibility index (Phi) is 3.48. The van der Waals surface area contributed by atoms with E-state index < -0.39 is 6.10 Å². The average Bonchev–Trinajstić information content (AvgIpc) is 2.30. The van der Waals surface area contributed by atoms with Crippen molar-refractivity contribution >= 4 is 5.78 Å². The zero-order chi connectivity index (χ0) is 8.97. The topological polar surface area (TPSA) is 37.3 Å². The van der Waals surface area contributed by atoms with E-state index in [0.29, 0.717) is 0 Å². The SMILES string of the molecule is CC(O)C(=O)C1=CCCCCC1. The van der Waals surface area contributed by atoms with Gasteiger partial charge in [0.05, 0.1) is 0 Å². The molecule has 0 spiro atoms. The smallest absolute Gasteiger partial charge is 0.186 e. The van der Waals surface area contributed by atoms with Crippen LogP contribution in [0.4, 0.5) is 0 Å². The van der Waals surface area contributed by atoms with Crippen LogP contribution in [0.5, 0.6) is 0 Å². The van der Waals surface area contributed by atoms with Gasteiger partial charge in [-0.15, -0.1) is 0 Å². The lowest BCUT2D eigenvalue weighted by molar-refractivity contribution is -0.122. The first kappa shape index (κ1) is 9.46. The molecule has 1 atom stereocenters. The summed E-state index contributed by atoms with van der Waals surface area (Å²) in [6.45, 7) is 1.54. The summed E-state index contributed by atoms with van der Waals surface area (Å²) in [4.78, 5) is 11.3. The van der Waals surface area contributed by atoms with Gasteiger partial charge in [0.15, 0.2) is 5.78 Å². The highest BCUT2D eigenvalue weighted by Crippen LogP contribution is 2.18. The van der Waals surface area contributed by atoms with Crippen LogP contribution in [0.1, 0.15) is 39.0 Å². The van der Waals surface area contributed by atoms with Gasteiger partial charge in [-0.3, -0.25) is 4.79 Å². The number of hydrogen-bond donors (Lipinski definition) is 1. The molecule has 1 N–H and O–H groups in total. The predicted octanol–water partition coefficient (Wildman–Crippen LogP) is 1.83. The van der Waals surface area contributed by atoms with Crippen LogP contribution in [-0.2, 0) is 4.79 Å². The minimum absolute atomic E-state index is 0.0862. The summed E-state index contributed by atoms with van der Waals surface area (Å²) in [6.07, 6.45) is 6.47. The van der Waals surface area contributed by atoms with E-state index in [4.69, 9.17) is 5.11 Å². The number of carbonyl (C=O) groups is 1. The first-order valence-corrected chi connectivity index (χ1v) is 4.63. The molecule has 1 aliphatic carbocycles. The normalized spacial score (nSPS) is 21.0. The van der Waals surface area contributed by atoms with Gasteiger partial charge in [0.25, 0.3) is 0 Å². The van der Waals surface area contributed by atoms with Crippen LogP contribution >= 0.6 is 0 Å². The summed E-state index contributed by atoms with van der Waals surface area (Å²) < 4.78 is 0. The fourth-order valence-electron chi connectivity index (χ4n) is 1.51. The van der Waals surface area contributed by atoms with Crippen molar-refractivity contribution in [2.45, 2.75) is 45.1 Å². The van der Waals surface area contributed by atoms with Crippen LogP contribution in [0.15, 0.2) is 11.6 Å². The highest BCUT2D eigenvalue weighted by molar-refractivity contribution is 5.98. The molecule has 0 bridgehead atoms. The van der Waals surface area contributed by atoms with Crippen molar-refractivity contribution < 1.29 is 9.90 Å². The van der Waals surface area contributed by atoms with Crippen LogP contribution in [-0.4, -0.2) is 17.0 Å². The minimum atomic E-state index is -0.825. The summed E-state index contributed by atoms with van der Waals surface area (Å²) >= 11 is 0. The molecule has 2 nitrogen and oxygen atoms in total. The maximum Gasteiger partial charge on any atom is 0.186 e. The first-order chi connectivity index (χ1) is 5.72. The number of carbonyl (C=O) groups excluding carboxylic acids is 1. The van der Waals surface area contributed by atoms with Crippen molar-refractivity contribution in [2.75, 3.05) is 0 Å². The zero-order valence-electron chi connectivity index (χ0n) is 7.55. The fraction of sp³-hybridized carbons (Fsp3) is 0.700. The van der Waals surface area contributed by atoms with Gasteiger partial charge in [0.1, 0.15) is 6.10 Å². The number of rotatable bonds is 2. The Balaban J connectivity index is 2.59. The lowest BCUT2D eigenvalue weighted by Crippen LogP contribution is -2.18. The number of allylic oxidation sites excluding steroid dienone is 1. The van der Waals surface area contributed by atoms with Crippen LogP contribution in [0.25, 0.3) is 0 Å². The molecular weight excluding hydrogens is 152 g/mol. The Morgan fingerprint density at radius 3 is 2.92 bits per heavy atom. The molecule has 0 fully saturated rings. The van der Waals surface area contributed by atoms with E-state index in [0.717, 1.165) is 24.8 Å². The standard InChI is InChI=1S/C10H16O2/c1-8(11)10(12)9-6-4-2-3-5-7-9/h6,8,11H,2-5,7H2,1H3. The van der Waals surface area contributed by atoms with Gasteiger partial charge in [0, 0.05) is 0 Å². The highest BCUT2D eigenvalue weighted by atomic mass is 16.3. The predicted molar refractivity (Wildman–Crippen MR) is 47.9 cm³/mol. The second kappa shape index (κ2) is 4.41.